The fourth-order valence-corrected chi connectivity index (χ4v) is 3.42. The minimum Gasteiger partial charge on any atom is -0.311 e. The molecule has 0 aromatic heterocycles. The van der Waals surface area contributed by atoms with Crippen LogP contribution in [0, 0.1) is 5.82 Å². The van der Waals surface area contributed by atoms with Crippen molar-refractivity contribution in [3.63, 3.8) is 0 Å². The van der Waals surface area contributed by atoms with Crippen molar-refractivity contribution in [3.8, 4) is 0 Å². The van der Waals surface area contributed by atoms with Crippen LogP contribution in [0.25, 0.3) is 0 Å². The molecule has 5 heteroatoms. The molecule has 1 heterocycles. The fraction of sp³-hybridized carbons (Fsp3) is 0.538. The maximum absolute atomic E-state index is 12.9. The van der Waals surface area contributed by atoms with E-state index in [1.807, 2.05) is 17.8 Å². The van der Waals surface area contributed by atoms with Crippen molar-refractivity contribution in [2.75, 3.05) is 37.7 Å². The van der Waals surface area contributed by atoms with Gasteiger partial charge in [-0.05, 0) is 17.7 Å². The van der Waals surface area contributed by atoms with Gasteiger partial charge in [0, 0.05) is 48.7 Å². The molecule has 1 aromatic carbocycles. The molecule has 1 saturated heterocycles. The zero-order chi connectivity index (χ0) is 12.8. The highest BCUT2D eigenvalue weighted by Crippen LogP contribution is 2.17. The normalized spacial score (nSPS) is 17.0. The number of thioether (sulfide) groups is 1. The van der Waals surface area contributed by atoms with E-state index in [2.05, 4.69) is 26.1 Å². The Balaban J connectivity index is 1.68. The lowest BCUT2D eigenvalue weighted by atomic mass is 10.2. The van der Waals surface area contributed by atoms with Crippen molar-refractivity contribution >= 4 is 27.7 Å². The summed E-state index contributed by atoms with van der Waals surface area (Å²) >= 11 is 5.42. The minimum atomic E-state index is -0.198. The van der Waals surface area contributed by atoms with Gasteiger partial charge in [-0.25, -0.2) is 4.39 Å². The first-order chi connectivity index (χ1) is 8.75. The summed E-state index contributed by atoms with van der Waals surface area (Å²) < 4.78 is 13.8. The summed E-state index contributed by atoms with van der Waals surface area (Å²) in [6.45, 7) is 5.26. The summed E-state index contributed by atoms with van der Waals surface area (Å²) in [5.74, 6) is 2.31. The molecule has 1 aliphatic rings. The van der Waals surface area contributed by atoms with Gasteiger partial charge in [-0.2, -0.15) is 11.8 Å². The molecular weight excluding hydrogens is 315 g/mol. The molecule has 18 heavy (non-hydrogen) atoms. The molecule has 1 aromatic rings. The number of rotatable bonds is 5. The maximum Gasteiger partial charge on any atom is 0.124 e. The standard InChI is InChI=1S/C13H18BrFN2S/c14-13-9-12(15)2-1-11(13)10-16-3-4-17-5-7-18-8-6-17/h1-2,9,16H,3-8,10H2. The number of benzene rings is 1. The Bertz CT molecular complexity index is 383. The molecule has 2 nitrogen and oxygen atoms in total. The molecule has 0 amide bonds. The smallest absolute Gasteiger partial charge is 0.124 e. The number of nitrogens with one attached hydrogen (secondary N) is 1. The van der Waals surface area contributed by atoms with Crippen LogP contribution in [0.2, 0.25) is 0 Å². The highest BCUT2D eigenvalue weighted by atomic mass is 79.9. The minimum absolute atomic E-state index is 0.198. The molecule has 0 atom stereocenters. The molecule has 100 valence electrons. The average molecular weight is 333 g/mol. The molecular formula is C13H18BrFN2S. The predicted octanol–water partition coefficient (Wildman–Crippen LogP) is 2.73. The third-order valence-corrected chi connectivity index (χ3v) is 4.72. The van der Waals surface area contributed by atoms with Crippen molar-refractivity contribution in [1.29, 1.82) is 0 Å². The molecule has 2 rings (SSSR count). The van der Waals surface area contributed by atoms with Gasteiger partial charge < -0.3 is 10.2 Å². The van der Waals surface area contributed by atoms with Crippen molar-refractivity contribution < 1.29 is 4.39 Å². The SMILES string of the molecule is Fc1ccc(CNCCN2CCSCC2)c(Br)c1. The Hall–Kier alpha value is -0.100. The number of halogens is 2. The summed E-state index contributed by atoms with van der Waals surface area (Å²) in [4.78, 5) is 2.49. The Labute approximate surface area is 120 Å². The summed E-state index contributed by atoms with van der Waals surface area (Å²) in [7, 11) is 0. The van der Waals surface area contributed by atoms with E-state index in [4.69, 9.17) is 0 Å². The van der Waals surface area contributed by atoms with Crippen LogP contribution in [-0.4, -0.2) is 42.6 Å². The van der Waals surface area contributed by atoms with Crippen LogP contribution in [0.5, 0.6) is 0 Å². The Kier molecular flexibility index (Phi) is 5.95. The van der Waals surface area contributed by atoms with Crippen molar-refractivity contribution in [3.05, 3.63) is 34.1 Å². The van der Waals surface area contributed by atoms with Crippen LogP contribution in [0.15, 0.2) is 22.7 Å². The number of nitrogens with zero attached hydrogens (tertiary/aromatic N) is 1. The third kappa shape index (κ3) is 4.53. The van der Waals surface area contributed by atoms with Gasteiger partial charge in [0.25, 0.3) is 0 Å². The monoisotopic (exact) mass is 332 g/mol. The number of hydrogen-bond donors (Lipinski definition) is 1. The van der Waals surface area contributed by atoms with Crippen LogP contribution in [0.1, 0.15) is 5.56 Å². The van der Waals surface area contributed by atoms with Crippen LogP contribution < -0.4 is 5.32 Å². The lowest BCUT2D eigenvalue weighted by Crippen LogP contribution is -2.37. The molecule has 1 aliphatic heterocycles. The van der Waals surface area contributed by atoms with Crippen molar-refractivity contribution in [1.82, 2.24) is 10.2 Å². The van der Waals surface area contributed by atoms with Crippen LogP contribution in [0.4, 0.5) is 4.39 Å². The summed E-state index contributed by atoms with van der Waals surface area (Å²) in [5, 5.41) is 3.41. The van der Waals surface area contributed by atoms with Gasteiger partial charge in [0.05, 0.1) is 0 Å². The van der Waals surface area contributed by atoms with E-state index in [9.17, 15) is 4.39 Å². The van der Waals surface area contributed by atoms with Crippen LogP contribution in [0.3, 0.4) is 0 Å². The van der Waals surface area contributed by atoms with Crippen molar-refractivity contribution in [2.45, 2.75) is 6.54 Å². The van der Waals surface area contributed by atoms with Crippen LogP contribution >= 0.6 is 27.7 Å². The molecule has 0 bridgehead atoms. The third-order valence-electron chi connectivity index (χ3n) is 3.04. The summed E-state index contributed by atoms with van der Waals surface area (Å²) in [6, 6.07) is 4.84. The molecule has 0 spiro atoms. The van der Waals surface area contributed by atoms with Gasteiger partial charge in [0.2, 0.25) is 0 Å². The Morgan fingerprint density at radius 3 is 2.83 bits per heavy atom. The van der Waals surface area contributed by atoms with E-state index in [0.717, 1.165) is 29.7 Å². The molecule has 0 radical (unpaired) electrons. The van der Waals surface area contributed by atoms with E-state index >= 15 is 0 Å². The largest absolute Gasteiger partial charge is 0.311 e. The molecule has 0 saturated carbocycles. The zero-order valence-corrected chi connectivity index (χ0v) is 12.7. The van der Waals surface area contributed by atoms with Gasteiger partial charge in [-0.15, -0.1) is 0 Å². The predicted molar refractivity (Wildman–Crippen MR) is 79.6 cm³/mol. The molecule has 1 N–H and O–H groups in total. The van der Waals surface area contributed by atoms with Gasteiger partial charge in [-0.1, -0.05) is 22.0 Å². The average Bonchev–Trinajstić information content (AvgIpc) is 2.38. The van der Waals surface area contributed by atoms with Crippen molar-refractivity contribution in [2.24, 2.45) is 0 Å². The van der Waals surface area contributed by atoms with E-state index < -0.39 is 0 Å². The molecule has 0 unspecified atom stereocenters. The molecule has 0 aliphatic carbocycles. The summed E-state index contributed by atoms with van der Waals surface area (Å²) in [6.07, 6.45) is 0. The van der Waals surface area contributed by atoms with Gasteiger partial charge in [0.15, 0.2) is 0 Å². The highest BCUT2D eigenvalue weighted by Gasteiger charge is 2.09. The van der Waals surface area contributed by atoms with Crippen LogP contribution in [-0.2, 0) is 6.54 Å². The van der Waals surface area contributed by atoms with E-state index in [0.29, 0.717) is 0 Å². The second kappa shape index (κ2) is 7.48. The van der Waals surface area contributed by atoms with Gasteiger partial charge >= 0.3 is 0 Å². The lowest BCUT2D eigenvalue weighted by molar-refractivity contribution is 0.301. The van der Waals surface area contributed by atoms with E-state index in [-0.39, 0.29) is 5.82 Å². The summed E-state index contributed by atoms with van der Waals surface area (Å²) in [5.41, 5.74) is 1.10. The quantitative estimate of drug-likeness (QED) is 0.834. The fourth-order valence-electron chi connectivity index (χ4n) is 1.95. The highest BCUT2D eigenvalue weighted by molar-refractivity contribution is 9.10. The first-order valence-corrected chi connectivity index (χ1v) is 8.15. The maximum atomic E-state index is 12.9. The van der Waals surface area contributed by atoms with E-state index in [1.54, 1.807) is 0 Å². The number of hydrogen-bond acceptors (Lipinski definition) is 3. The topological polar surface area (TPSA) is 15.3 Å². The first kappa shape index (κ1) is 14.3. The van der Waals surface area contributed by atoms with Gasteiger partial charge in [-0.3, -0.25) is 0 Å². The Morgan fingerprint density at radius 1 is 1.33 bits per heavy atom. The van der Waals surface area contributed by atoms with E-state index in [1.165, 1.54) is 36.7 Å². The Morgan fingerprint density at radius 2 is 2.11 bits per heavy atom. The zero-order valence-electron chi connectivity index (χ0n) is 10.3. The lowest BCUT2D eigenvalue weighted by Gasteiger charge is -2.26. The second-order valence-corrected chi connectivity index (χ2v) is 6.45. The molecule has 1 fully saturated rings. The second-order valence-electron chi connectivity index (χ2n) is 4.37. The van der Waals surface area contributed by atoms with Gasteiger partial charge in [0.1, 0.15) is 5.82 Å². The first-order valence-electron chi connectivity index (χ1n) is 6.20.